The maximum atomic E-state index is 13.4. The third kappa shape index (κ3) is 2.53. The summed E-state index contributed by atoms with van der Waals surface area (Å²) in [6.07, 6.45) is 4.20. The van der Waals surface area contributed by atoms with Crippen molar-refractivity contribution >= 4 is 23.3 Å². The zero-order valence-electron chi connectivity index (χ0n) is 10.8. The highest BCUT2D eigenvalue weighted by Gasteiger charge is 2.12. The van der Waals surface area contributed by atoms with Crippen LogP contribution in [0.4, 0.5) is 4.39 Å². The number of nitrogens with two attached hydrogens (primary N) is 1. The van der Waals surface area contributed by atoms with Gasteiger partial charge in [0.1, 0.15) is 5.82 Å². The highest BCUT2D eigenvalue weighted by molar-refractivity contribution is 5.90. The standard InChI is InChI=1S/C15H14FN3.ClH/c16-11-1-2-14-13(9-11)12(3-6-17)15(19-14)10-4-7-18-8-5-10;/h1-2,4-5,7-9,19H,3,6,17H2;1H. The summed E-state index contributed by atoms with van der Waals surface area (Å²) < 4.78 is 13.4. The summed E-state index contributed by atoms with van der Waals surface area (Å²) in [7, 11) is 0. The van der Waals surface area contributed by atoms with Crippen LogP contribution in [0.2, 0.25) is 0 Å². The molecule has 2 aromatic heterocycles. The lowest BCUT2D eigenvalue weighted by molar-refractivity contribution is 0.629. The number of pyridine rings is 1. The second-order valence-corrected chi connectivity index (χ2v) is 4.44. The normalized spacial score (nSPS) is 10.5. The molecular formula is C15H15ClFN3. The minimum absolute atomic E-state index is 0. The first kappa shape index (κ1) is 14.5. The number of halogens is 2. The smallest absolute Gasteiger partial charge is 0.123 e. The van der Waals surface area contributed by atoms with E-state index in [1.54, 1.807) is 24.5 Å². The van der Waals surface area contributed by atoms with E-state index >= 15 is 0 Å². The van der Waals surface area contributed by atoms with E-state index in [1.807, 2.05) is 12.1 Å². The van der Waals surface area contributed by atoms with E-state index in [0.717, 1.165) is 27.7 Å². The van der Waals surface area contributed by atoms with Crippen LogP contribution in [0.5, 0.6) is 0 Å². The van der Waals surface area contributed by atoms with Gasteiger partial charge in [0.2, 0.25) is 0 Å². The molecular weight excluding hydrogens is 277 g/mol. The molecule has 5 heteroatoms. The van der Waals surface area contributed by atoms with Crippen molar-refractivity contribution in [2.45, 2.75) is 6.42 Å². The van der Waals surface area contributed by atoms with Crippen LogP contribution in [0.3, 0.4) is 0 Å². The van der Waals surface area contributed by atoms with Gasteiger partial charge >= 0.3 is 0 Å². The Kier molecular flexibility index (Phi) is 4.37. The van der Waals surface area contributed by atoms with Gasteiger partial charge < -0.3 is 10.7 Å². The Bertz CT molecular complexity index is 710. The molecule has 0 amide bonds. The Labute approximate surface area is 122 Å². The molecule has 0 bridgehead atoms. The molecule has 3 N–H and O–H groups in total. The molecule has 0 aliphatic rings. The third-order valence-electron chi connectivity index (χ3n) is 3.23. The summed E-state index contributed by atoms with van der Waals surface area (Å²) in [5.41, 5.74) is 9.69. The van der Waals surface area contributed by atoms with Gasteiger partial charge in [0.25, 0.3) is 0 Å². The number of nitrogens with one attached hydrogen (secondary N) is 1. The van der Waals surface area contributed by atoms with Gasteiger partial charge in [0.05, 0.1) is 0 Å². The maximum absolute atomic E-state index is 13.4. The SMILES string of the molecule is Cl.NCCc1c(-c2ccncc2)[nH]c2ccc(F)cc12. The first-order valence-electron chi connectivity index (χ1n) is 6.20. The number of aromatic nitrogens is 2. The third-order valence-corrected chi connectivity index (χ3v) is 3.23. The van der Waals surface area contributed by atoms with E-state index in [9.17, 15) is 4.39 Å². The molecule has 3 rings (SSSR count). The average Bonchev–Trinajstić information content (AvgIpc) is 2.79. The zero-order valence-corrected chi connectivity index (χ0v) is 11.6. The maximum Gasteiger partial charge on any atom is 0.123 e. The Balaban J connectivity index is 0.00000147. The Morgan fingerprint density at radius 3 is 2.60 bits per heavy atom. The molecule has 0 aliphatic carbocycles. The van der Waals surface area contributed by atoms with Crippen LogP contribution in [-0.4, -0.2) is 16.5 Å². The van der Waals surface area contributed by atoms with Crippen molar-refractivity contribution in [1.82, 2.24) is 9.97 Å². The molecule has 0 radical (unpaired) electrons. The Morgan fingerprint density at radius 1 is 1.15 bits per heavy atom. The molecule has 104 valence electrons. The van der Waals surface area contributed by atoms with Gasteiger partial charge in [-0.3, -0.25) is 4.98 Å². The number of aromatic amines is 1. The number of benzene rings is 1. The van der Waals surface area contributed by atoms with Crippen molar-refractivity contribution in [1.29, 1.82) is 0 Å². The van der Waals surface area contributed by atoms with Crippen molar-refractivity contribution < 1.29 is 4.39 Å². The van der Waals surface area contributed by atoms with Crippen LogP contribution in [0, 0.1) is 5.82 Å². The lowest BCUT2D eigenvalue weighted by Crippen LogP contribution is -2.03. The largest absolute Gasteiger partial charge is 0.354 e. The second-order valence-electron chi connectivity index (χ2n) is 4.44. The Hall–Kier alpha value is -1.91. The molecule has 3 nitrogen and oxygen atoms in total. The van der Waals surface area contributed by atoms with Crippen LogP contribution >= 0.6 is 12.4 Å². The van der Waals surface area contributed by atoms with E-state index in [4.69, 9.17) is 5.73 Å². The molecule has 0 saturated heterocycles. The number of nitrogens with zero attached hydrogens (tertiary/aromatic N) is 1. The number of hydrogen-bond donors (Lipinski definition) is 2. The summed E-state index contributed by atoms with van der Waals surface area (Å²) in [6.45, 7) is 0.529. The van der Waals surface area contributed by atoms with Crippen LogP contribution < -0.4 is 5.73 Å². The van der Waals surface area contributed by atoms with Crippen molar-refractivity contribution in [2.24, 2.45) is 5.73 Å². The minimum atomic E-state index is -0.231. The van der Waals surface area contributed by atoms with Gasteiger partial charge in [-0.25, -0.2) is 4.39 Å². The van der Waals surface area contributed by atoms with Crippen LogP contribution in [0.15, 0.2) is 42.7 Å². The first-order valence-corrected chi connectivity index (χ1v) is 6.20. The lowest BCUT2D eigenvalue weighted by atomic mass is 10.0. The van der Waals surface area contributed by atoms with Gasteiger partial charge in [0, 0.05) is 34.6 Å². The summed E-state index contributed by atoms with van der Waals surface area (Å²) >= 11 is 0. The van der Waals surface area contributed by atoms with Gasteiger partial charge in [-0.1, -0.05) is 0 Å². The van der Waals surface area contributed by atoms with Crippen LogP contribution in [0.25, 0.3) is 22.2 Å². The average molecular weight is 292 g/mol. The number of rotatable bonds is 3. The molecule has 3 aromatic rings. The van der Waals surface area contributed by atoms with E-state index in [2.05, 4.69) is 9.97 Å². The van der Waals surface area contributed by atoms with Crippen molar-refractivity contribution in [2.75, 3.05) is 6.54 Å². The monoisotopic (exact) mass is 291 g/mol. The van der Waals surface area contributed by atoms with Crippen molar-refractivity contribution in [3.63, 3.8) is 0 Å². The van der Waals surface area contributed by atoms with E-state index in [1.165, 1.54) is 6.07 Å². The molecule has 0 atom stereocenters. The first-order chi connectivity index (χ1) is 9.29. The summed E-state index contributed by atoms with van der Waals surface area (Å²) in [4.78, 5) is 7.36. The van der Waals surface area contributed by atoms with Gasteiger partial charge in [-0.05, 0) is 48.9 Å². The van der Waals surface area contributed by atoms with Crippen LogP contribution in [-0.2, 0) is 6.42 Å². The van der Waals surface area contributed by atoms with E-state index in [-0.39, 0.29) is 18.2 Å². The minimum Gasteiger partial charge on any atom is -0.354 e. The number of fused-ring (bicyclic) bond motifs is 1. The second kappa shape index (κ2) is 6.03. The summed E-state index contributed by atoms with van der Waals surface area (Å²) in [6, 6.07) is 8.64. The molecule has 2 heterocycles. The van der Waals surface area contributed by atoms with Crippen LogP contribution in [0.1, 0.15) is 5.56 Å². The van der Waals surface area contributed by atoms with E-state index in [0.29, 0.717) is 13.0 Å². The van der Waals surface area contributed by atoms with E-state index < -0.39 is 0 Å². The van der Waals surface area contributed by atoms with Gasteiger partial charge in [-0.15, -0.1) is 12.4 Å². The zero-order chi connectivity index (χ0) is 13.2. The molecule has 0 spiro atoms. The highest BCUT2D eigenvalue weighted by atomic mass is 35.5. The summed E-state index contributed by atoms with van der Waals surface area (Å²) in [5.74, 6) is -0.231. The molecule has 0 unspecified atom stereocenters. The number of H-pyrrole nitrogens is 1. The summed E-state index contributed by atoms with van der Waals surface area (Å²) in [5, 5.41) is 0.900. The number of hydrogen-bond acceptors (Lipinski definition) is 2. The van der Waals surface area contributed by atoms with Crippen molar-refractivity contribution in [3.8, 4) is 11.3 Å². The topological polar surface area (TPSA) is 54.7 Å². The fraction of sp³-hybridized carbons (Fsp3) is 0.133. The Morgan fingerprint density at radius 2 is 1.90 bits per heavy atom. The molecule has 0 fully saturated rings. The van der Waals surface area contributed by atoms with Gasteiger partial charge in [-0.2, -0.15) is 0 Å². The molecule has 20 heavy (non-hydrogen) atoms. The van der Waals surface area contributed by atoms with Gasteiger partial charge in [0.15, 0.2) is 0 Å². The lowest BCUT2D eigenvalue weighted by Gasteiger charge is -2.03. The fourth-order valence-electron chi connectivity index (χ4n) is 2.39. The molecule has 1 aromatic carbocycles. The quantitative estimate of drug-likeness (QED) is 0.778. The predicted molar refractivity (Wildman–Crippen MR) is 81.5 cm³/mol. The van der Waals surface area contributed by atoms with Crippen molar-refractivity contribution in [3.05, 3.63) is 54.1 Å². The fourth-order valence-corrected chi connectivity index (χ4v) is 2.39. The molecule has 0 saturated carbocycles. The predicted octanol–water partition coefficient (Wildman–Crippen LogP) is 3.29. The molecule has 0 aliphatic heterocycles. The highest BCUT2D eigenvalue weighted by Crippen LogP contribution is 2.30.